The lowest BCUT2D eigenvalue weighted by atomic mass is 9.96. The van der Waals surface area contributed by atoms with Gasteiger partial charge < -0.3 is 14.4 Å². The molecule has 3 aromatic carbocycles. The Bertz CT molecular complexity index is 1330. The topological polar surface area (TPSA) is 67.5 Å². The quantitative estimate of drug-likeness (QED) is 0.278. The Balaban J connectivity index is 1.45. The Kier molecular flexibility index (Phi) is 6.96. The number of unbranched alkanes of at least 4 members (excludes halogenated alkanes) is 1. The van der Waals surface area contributed by atoms with Crippen molar-refractivity contribution in [1.82, 2.24) is 15.1 Å². The van der Waals surface area contributed by atoms with Crippen LogP contribution < -0.4 is 9.47 Å². The molecule has 0 fully saturated rings. The van der Waals surface area contributed by atoms with E-state index in [9.17, 15) is 4.79 Å². The number of H-pyrrole nitrogens is 1. The molecule has 1 aliphatic rings. The first kappa shape index (κ1) is 23.9. The first-order valence-electron chi connectivity index (χ1n) is 12.1. The molecule has 1 unspecified atom stereocenters. The summed E-state index contributed by atoms with van der Waals surface area (Å²) in [5.74, 6) is 1.53. The van der Waals surface area contributed by atoms with Gasteiger partial charge in [0.25, 0.3) is 5.91 Å². The number of fused-ring (bicyclic) bond motifs is 1. The van der Waals surface area contributed by atoms with E-state index in [1.54, 1.807) is 7.11 Å². The first-order valence-corrected chi connectivity index (χ1v) is 12.5. The second-order valence-electron chi connectivity index (χ2n) is 8.83. The molecular formula is C29H28ClN3O3. The van der Waals surface area contributed by atoms with Crippen LogP contribution in [0.5, 0.6) is 11.5 Å². The smallest absolute Gasteiger partial charge is 0.273 e. The van der Waals surface area contributed by atoms with Gasteiger partial charge >= 0.3 is 0 Å². The molecule has 184 valence electrons. The summed E-state index contributed by atoms with van der Waals surface area (Å²) < 4.78 is 11.3. The van der Waals surface area contributed by atoms with Crippen molar-refractivity contribution in [3.05, 3.63) is 100 Å². The van der Waals surface area contributed by atoms with Crippen molar-refractivity contribution in [3.63, 3.8) is 0 Å². The molecule has 2 heterocycles. The van der Waals surface area contributed by atoms with Crippen LogP contribution in [0.2, 0.25) is 5.02 Å². The molecule has 0 aliphatic carbocycles. The summed E-state index contributed by atoms with van der Waals surface area (Å²) in [7, 11) is 1.64. The molecule has 1 N–H and O–H groups in total. The molecule has 0 radical (unpaired) electrons. The van der Waals surface area contributed by atoms with Crippen LogP contribution in [0.1, 0.15) is 53.0 Å². The normalized spacial score (nSPS) is 14.7. The molecule has 0 saturated heterocycles. The van der Waals surface area contributed by atoms with E-state index in [0.717, 1.165) is 52.3 Å². The van der Waals surface area contributed by atoms with Gasteiger partial charge in [-0.2, -0.15) is 5.10 Å². The third-order valence-corrected chi connectivity index (χ3v) is 6.75. The van der Waals surface area contributed by atoms with Crippen molar-refractivity contribution in [1.29, 1.82) is 0 Å². The van der Waals surface area contributed by atoms with E-state index >= 15 is 0 Å². The number of aromatic amines is 1. The molecule has 0 bridgehead atoms. The number of carbonyl (C=O) groups excluding carboxylic acids is 1. The number of benzene rings is 3. The summed E-state index contributed by atoms with van der Waals surface area (Å²) in [6, 6.07) is 23.1. The molecule has 1 amide bonds. The predicted octanol–water partition coefficient (Wildman–Crippen LogP) is 6.66. The number of halogens is 1. The van der Waals surface area contributed by atoms with Gasteiger partial charge in [0.2, 0.25) is 0 Å². The van der Waals surface area contributed by atoms with Gasteiger partial charge in [0, 0.05) is 22.7 Å². The predicted molar refractivity (Wildman–Crippen MR) is 141 cm³/mol. The molecule has 1 aromatic heterocycles. The van der Waals surface area contributed by atoms with E-state index in [1.807, 2.05) is 77.7 Å². The van der Waals surface area contributed by atoms with Crippen LogP contribution in [-0.2, 0) is 6.61 Å². The number of aromatic nitrogens is 2. The average molecular weight is 502 g/mol. The zero-order chi connectivity index (χ0) is 25.1. The van der Waals surface area contributed by atoms with Crippen LogP contribution in [0.25, 0.3) is 11.3 Å². The molecule has 1 aliphatic heterocycles. The molecule has 7 heteroatoms. The van der Waals surface area contributed by atoms with Gasteiger partial charge in [0.15, 0.2) is 0 Å². The molecule has 5 rings (SSSR count). The van der Waals surface area contributed by atoms with Crippen molar-refractivity contribution in [2.45, 2.75) is 32.4 Å². The van der Waals surface area contributed by atoms with E-state index < -0.39 is 0 Å². The second kappa shape index (κ2) is 10.5. The minimum atomic E-state index is -0.222. The molecular weight excluding hydrogens is 474 g/mol. The zero-order valence-corrected chi connectivity index (χ0v) is 21.1. The first-order chi connectivity index (χ1) is 17.6. The minimum Gasteiger partial charge on any atom is -0.497 e. The summed E-state index contributed by atoms with van der Waals surface area (Å²) in [5.41, 5.74) is 5.26. The Labute approximate surface area is 215 Å². The van der Waals surface area contributed by atoms with Crippen LogP contribution >= 0.6 is 11.6 Å². The number of amides is 1. The van der Waals surface area contributed by atoms with Crippen LogP contribution in [0.3, 0.4) is 0 Å². The number of carbonyl (C=O) groups is 1. The lowest BCUT2D eigenvalue weighted by Gasteiger charge is -2.26. The highest BCUT2D eigenvalue weighted by Gasteiger charge is 2.41. The molecule has 6 nitrogen and oxygen atoms in total. The van der Waals surface area contributed by atoms with Gasteiger partial charge in [-0.15, -0.1) is 0 Å². The van der Waals surface area contributed by atoms with Crippen molar-refractivity contribution in [2.24, 2.45) is 0 Å². The molecule has 36 heavy (non-hydrogen) atoms. The minimum absolute atomic E-state index is 0.0150. The summed E-state index contributed by atoms with van der Waals surface area (Å²) in [5, 5.41) is 8.26. The van der Waals surface area contributed by atoms with Gasteiger partial charge in [-0.05, 0) is 66.1 Å². The highest BCUT2D eigenvalue weighted by Crippen LogP contribution is 2.43. The third-order valence-electron chi connectivity index (χ3n) is 6.49. The fourth-order valence-corrected chi connectivity index (χ4v) is 4.69. The Hall–Kier alpha value is -3.77. The van der Waals surface area contributed by atoms with Gasteiger partial charge in [-0.1, -0.05) is 49.2 Å². The summed E-state index contributed by atoms with van der Waals surface area (Å²) in [6.07, 6.45) is 1.94. The lowest BCUT2D eigenvalue weighted by molar-refractivity contribution is 0.0741. The monoisotopic (exact) mass is 501 g/mol. The number of nitrogens with one attached hydrogen (secondary N) is 1. The lowest BCUT2D eigenvalue weighted by Crippen LogP contribution is -2.30. The Morgan fingerprint density at radius 2 is 1.67 bits per heavy atom. The number of hydrogen-bond donors (Lipinski definition) is 1. The molecule has 0 saturated carbocycles. The van der Waals surface area contributed by atoms with E-state index in [2.05, 4.69) is 17.1 Å². The number of ether oxygens (including phenoxy) is 2. The second-order valence-corrected chi connectivity index (χ2v) is 9.26. The van der Waals surface area contributed by atoms with Crippen LogP contribution in [0, 0.1) is 0 Å². The average Bonchev–Trinajstić information content (AvgIpc) is 3.46. The largest absolute Gasteiger partial charge is 0.497 e. The maximum absolute atomic E-state index is 13.4. The highest BCUT2D eigenvalue weighted by atomic mass is 35.5. The molecule has 4 aromatic rings. The van der Waals surface area contributed by atoms with E-state index in [0.29, 0.717) is 23.9 Å². The summed E-state index contributed by atoms with van der Waals surface area (Å²) in [6.45, 7) is 3.26. The Morgan fingerprint density at radius 3 is 2.33 bits per heavy atom. The third kappa shape index (κ3) is 4.69. The Morgan fingerprint density at radius 1 is 0.972 bits per heavy atom. The van der Waals surface area contributed by atoms with Crippen molar-refractivity contribution in [2.75, 3.05) is 13.7 Å². The number of rotatable bonds is 9. The van der Waals surface area contributed by atoms with E-state index in [4.69, 9.17) is 21.1 Å². The van der Waals surface area contributed by atoms with E-state index in [-0.39, 0.29) is 11.9 Å². The van der Waals surface area contributed by atoms with Crippen molar-refractivity contribution < 1.29 is 14.3 Å². The van der Waals surface area contributed by atoms with Gasteiger partial charge in [0.05, 0.1) is 18.8 Å². The van der Waals surface area contributed by atoms with Gasteiger partial charge in [-0.3, -0.25) is 9.89 Å². The van der Waals surface area contributed by atoms with Gasteiger partial charge in [-0.25, -0.2) is 0 Å². The summed E-state index contributed by atoms with van der Waals surface area (Å²) in [4.78, 5) is 15.3. The van der Waals surface area contributed by atoms with Gasteiger partial charge in [0.1, 0.15) is 23.8 Å². The molecule has 0 spiro atoms. The zero-order valence-electron chi connectivity index (χ0n) is 20.3. The maximum Gasteiger partial charge on any atom is 0.273 e. The highest BCUT2D eigenvalue weighted by molar-refractivity contribution is 6.30. The van der Waals surface area contributed by atoms with Crippen molar-refractivity contribution >= 4 is 17.5 Å². The SMILES string of the molecule is CCCCN1C(=O)c2[nH]nc(-c3ccc(OC)cc3)c2C1c1ccc(OCc2ccc(Cl)cc2)cc1. The van der Waals surface area contributed by atoms with Crippen LogP contribution in [0.15, 0.2) is 72.8 Å². The van der Waals surface area contributed by atoms with Crippen LogP contribution in [0.4, 0.5) is 0 Å². The number of methoxy groups -OCH3 is 1. The maximum atomic E-state index is 13.4. The number of hydrogen-bond acceptors (Lipinski definition) is 4. The van der Waals surface area contributed by atoms with Crippen LogP contribution in [-0.4, -0.2) is 34.7 Å². The fraction of sp³-hybridized carbons (Fsp3) is 0.241. The number of nitrogens with zero attached hydrogens (tertiary/aromatic N) is 2. The standard InChI is InChI=1S/C29H28ClN3O3/c1-3-4-17-33-28(21-9-15-24(16-10-21)36-18-19-5-11-22(30)12-6-19)25-26(31-32-27(25)29(33)34)20-7-13-23(35-2)14-8-20/h5-16,28H,3-4,17-18H2,1-2H3,(H,31,32). The van der Waals surface area contributed by atoms with Crippen molar-refractivity contribution in [3.8, 4) is 22.8 Å². The van der Waals surface area contributed by atoms with E-state index in [1.165, 1.54) is 0 Å². The molecule has 1 atom stereocenters. The summed E-state index contributed by atoms with van der Waals surface area (Å²) >= 11 is 5.97. The fourth-order valence-electron chi connectivity index (χ4n) is 4.56.